The van der Waals surface area contributed by atoms with E-state index in [2.05, 4.69) is 0 Å². The van der Waals surface area contributed by atoms with Gasteiger partial charge in [-0.25, -0.2) is 0 Å². The number of aliphatic hydroxyl groups is 1. The fourth-order valence-corrected chi connectivity index (χ4v) is 0. The molecule has 1 nitrogen and oxygen atoms in total. The first-order chi connectivity index (χ1) is 2.27. The SMILES string of the molecule is C[CH][C@H](C)O. The molecule has 0 aromatic rings. The molecular formula is C4H9O. The normalized spacial score (nSPS) is 15.0. The summed E-state index contributed by atoms with van der Waals surface area (Å²) in [5.41, 5.74) is 0. The maximum atomic E-state index is 8.31. The predicted molar refractivity (Wildman–Crippen MR) is 21.7 cm³/mol. The van der Waals surface area contributed by atoms with Gasteiger partial charge in [0, 0.05) is 0 Å². The first-order valence-corrected chi connectivity index (χ1v) is 1.75. The van der Waals surface area contributed by atoms with Crippen molar-refractivity contribution >= 4 is 0 Å². The van der Waals surface area contributed by atoms with Crippen molar-refractivity contribution in [3.05, 3.63) is 6.42 Å². The molecule has 1 radical (unpaired) electrons. The third kappa shape index (κ3) is 3.96. The molecule has 0 aromatic heterocycles. The topological polar surface area (TPSA) is 20.2 Å². The molecule has 1 atom stereocenters. The second-order valence-electron chi connectivity index (χ2n) is 1.07. The Morgan fingerprint density at radius 2 is 2.00 bits per heavy atom. The minimum atomic E-state index is -0.241. The smallest absolute Gasteiger partial charge is 0.0541 e. The summed E-state index contributed by atoms with van der Waals surface area (Å²) in [6.45, 7) is 3.55. The van der Waals surface area contributed by atoms with Crippen LogP contribution >= 0.6 is 0 Å². The van der Waals surface area contributed by atoms with Gasteiger partial charge in [0.25, 0.3) is 0 Å². The van der Waals surface area contributed by atoms with Gasteiger partial charge in [-0.3, -0.25) is 0 Å². The Morgan fingerprint density at radius 3 is 2.00 bits per heavy atom. The zero-order valence-corrected chi connectivity index (χ0v) is 3.60. The molecular weight excluding hydrogens is 64.0 g/mol. The minimum absolute atomic E-state index is 0.241. The van der Waals surface area contributed by atoms with Crippen molar-refractivity contribution in [3.8, 4) is 0 Å². The van der Waals surface area contributed by atoms with Gasteiger partial charge in [-0.05, 0) is 13.3 Å². The van der Waals surface area contributed by atoms with Crippen LogP contribution in [0.3, 0.4) is 0 Å². The minimum Gasteiger partial charge on any atom is -0.393 e. The van der Waals surface area contributed by atoms with E-state index in [1.54, 1.807) is 13.3 Å². The zero-order chi connectivity index (χ0) is 4.28. The molecule has 0 unspecified atom stereocenters. The van der Waals surface area contributed by atoms with Crippen LogP contribution in [0.1, 0.15) is 13.8 Å². The highest BCUT2D eigenvalue weighted by atomic mass is 16.3. The molecule has 0 aromatic carbocycles. The Labute approximate surface area is 32.6 Å². The van der Waals surface area contributed by atoms with Crippen LogP contribution in [0.15, 0.2) is 0 Å². The van der Waals surface area contributed by atoms with Crippen molar-refractivity contribution < 1.29 is 5.11 Å². The molecule has 31 valence electrons. The molecule has 0 rings (SSSR count). The Kier molecular flexibility index (Phi) is 2.19. The van der Waals surface area contributed by atoms with Gasteiger partial charge in [-0.2, -0.15) is 0 Å². The summed E-state index contributed by atoms with van der Waals surface area (Å²) in [5, 5.41) is 8.31. The van der Waals surface area contributed by atoms with Crippen molar-refractivity contribution in [2.45, 2.75) is 20.0 Å². The standard InChI is InChI=1S/C4H9O/c1-3-4(2)5/h3-5H,1-2H3/t4-/m0/s1. The van der Waals surface area contributed by atoms with Crippen LogP contribution < -0.4 is 0 Å². The van der Waals surface area contributed by atoms with Gasteiger partial charge >= 0.3 is 0 Å². The van der Waals surface area contributed by atoms with Crippen molar-refractivity contribution in [1.29, 1.82) is 0 Å². The molecule has 0 aliphatic rings. The van der Waals surface area contributed by atoms with Crippen molar-refractivity contribution in [3.63, 3.8) is 0 Å². The molecule has 0 fully saturated rings. The molecule has 0 spiro atoms. The quantitative estimate of drug-likeness (QED) is 0.481. The highest BCUT2D eigenvalue weighted by molar-refractivity contribution is 4.60. The highest BCUT2D eigenvalue weighted by Gasteiger charge is 1.82. The van der Waals surface area contributed by atoms with E-state index in [1.807, 2.05) is 6.92 Å². The lowest BCUT2D eigenvalue weighted by Crippen LogP contribution is -1.94. The van der Waals surface area contributed by atoms with E-state index in [0.717, 1.165) is 0 Å². The zero-order valence-electron chi connectivity index (χ0n) is 3.60. The van der Waals surface area contributed by atoms with Gasteiger partial charge in [0.15, 0.2) is 0 Å². The third-order valence-electron chi connectivity index (χ3n) is 0.482. The Balaban J connectivity index is 2.54. The molecule has 0 aliphatic carbocycles. The van der Waals surface area contributed by atoms with Crippen molar-refractivity contribution in [2.24, 2.45) is 0 Å². The molecule has 0 amide bonds. The lowest BCUT2D eigenvalue weighted by Gasteiger charge is -1.90. The molecule has 0 heterocycles. The highest BCUT2D eigenvalue weighted by Crippen LogP contribution is 1.79. The number of hydrogen-bond acceptors (Lipinski definition) is 1. The molecule has 5 heavy (non-hydrogen) atoms. The number of hydrogen-bond donors (Lipinski definition) is 1. The largest absolute Gasteiger partial charge is 0.393 e. The maximum Gasteiger partial charge on any atom is 0.0541 e. The Hall–Kier alpha value is -0.0400. The van der Waals surface area contributed by atoms with Crippen LogP contribution in [0.5, 0.6) is 0 Å². The van der Waals surface area contributed by atoms with Crippen molar-refractivity contribution in [1.82, 2.24) is 0 Å². The summed E-state index contributed by atoms with van der Waals surface area (Å²) in [4.78, 5) is 0. The Bertz CT molecular complexity index is 17.6. The maximum absolute atomic E-state index is 8.31. The average Bonchev–Trinajstić information content (AvgIpc) is 1.38. The van der Waals surface area contributed by atoms with E-state index in [9.17, 15) is 0 Å². The first-order valence-electron chi connectivity index (χ1n) is 1.75. The van der Waals surface area contributed by atoms with Crippen LogP contribution in [0.4, 0.5) is 0 Å². The van der Waals surface area contributed by atoms with E-state index < -0.39 is 0 Å². The van der Waals surface area contributed by atoms with Crippen molar-refractivity contribution in [2.75, 3.05) is 0 Å². The lowest BCUT2D eigenvalue weighted by atomic mass is 10.3. The summed E-state index contributed by atoms with van der Waals surface area (Å²) in [7, 11) is 0. The van der Waals surface area contributed by atoms with Gasteiger partial charge < -0.3 is 5.11 Å². The summed E-state index contributed by atoms with van der Waals surface area (Å²) in [6.07, 6.45) is 1.48. The summed E-state index contributed by atoms with van der Waals surface area (Å²) in [5.74, 6) is 0. The molecule has 0 saturated heterocycles. The van der Waals surface area contributed by atoms with E-state index >= 15 is 0 Å². The van der Waals surface area contributed by atoms with Crippen LogP contribution in [0.25, 0.3) is 0 Å². The van der Waals surface area contributed by atoms with Gasteiger partial charge in [-0.1, -0.05) is 6.92 Å². The molecule has 0 saturated carbocycles. The van der Waals surface area contributed by atoms with E-state index in [1.165, 1.54) is 0 Å². The fourth-order valence-electron chi connectivity index (χ4n) is 0. The summed E-state index contributed by atoms with van der Waals surface area (Å²) < 4.78 is 0. The average molecular weight is 73.1 g/mol. The van der Waals surface area contributed by atoms with E-state index in [-0.39, 0.29) is 6.10 Å². The molecule has 1 N–H and O–H groups in total. The molecule has 0 bridgehead atoms. The van der Waals surface area contributed by atoms with E-state index in [4.69, 9.17) is 5.11 Å². The van der Waals surface area contributed by atoms with Gasteiger partial charge in [0.2, 0.25) is 0 Å². The first kappa shape index (κ1) is 4.96. The van der Waals surface area contributed by atoms with Gasteiger partial charge in [0.05, 0.1) is 6.10 Å². The van der Waals surface area contributed by atoms with Crippen LogP contribution in [-0.2, 0) is 0 Å². The van der Waals surface area contributed by atoms with Crippen LogP contribution in [0.2, 0.25) is 0 Å². The second-order valence-corrected chi connectivity index (χ2v) is 1.07. The number of rotatable bonds is 1. The van der Waals surface area contributed by atoms with Crippen LogP contribution in [0, 0.1) is 6.42 Å². The Morgan fingerprint density at radius 1 is 1.80 bits per heavy atom. The van der Waals surface area contributed by atoms with Gasteiger partial charge in [-0.15, -0.1) is 0 Å². The third-order valence-corrected chi connectivity index (χ3v) is 0.482. The summed E-state index contributed by atoms with van der Waals surface area (Å²) >= 11 is 0. The monoisotopic (exact) mass is 73.1 g/mol. The van der Waals surface area contributed by atoms with Crippen LogP contribution in [-0.4, -0.2) is 11.2 Å². The van der Waals surface area contributed by atoms with Gasteiger partial charge in [0.1, 0.15) is 0 Å². The predicted octanol–water partition coefficient (Wildman–Crippen LogP) is 0.591. The molecule has 0 aliphatic heterocycles. The summed E-state index contributed by atoms with van der Waals surface area (Å²) in [6, 6.07) is 0. The second kappa shape index (κ2) is 2.21. The lowest BCUT2D eigenvalue weighted by molar-refractivity contribution is 0.228. The van der Waals surface area contributed by atoms with E-state index in [0.29, 0.717) is 0 Å². The number of aliphatic hydroxyl groups excluding tert-OH is 1. The molecule has 1 heteroatoms. The fraction of sp³-hybridized carbons (Fsp3) is 0.750.